The predicted molar refractivity (Wildman–Crippen MR) is 111 cm³/mol. The summed E-state index contributed by atoms with van der Waals surface area (Å²) in [5, 5.41) is 0. The van der Waals surface area contributed by atoms with Gasteiger partial charge in [-0.3, -0.25) is 4.79 Å². The Morgan fingerprint density at radius 2 is 2.00 bits per heavy atom. The summed E-state index contributed by atoms with van der Waals surface area (Å²) in [4.78, 5) is 23.3. The summed E-state index contributed by atoms with van der Waals surface area (Å²) in [7, 11) is 0. The van der Waals surface area contributed by atoms with Crippen LogP contribution in [0.4, 0.5) is 5.95 Å². The number of nitrogen functional groups attached to an aromatic ring is 1. The van der Waals surface area contributed by atoms with E-state index in [1.54, 1.807) is 12.3 Å². The topological polar surface area (TPSA) is 72.1 Å². The Morgan fingerprint density at radius 1 is 1.14 bits per heavy atom. The lowest BCUT2D eigenvalue weighted by atomic mass is 9.89. The van der Waals surface area contributed by atoms with Crippen LogP contribution in [0.1, 0.15) is 40.2 Å². The molecule has 0 saturated carbocycles. The summed E-state index contributed by atoms with van der Waals surface area (Å²) in [6, 6.07) is 18.0. The highest BCUT2D eigenvalue weighted by atomic mass is 16.2. The number of nitrogens with two attached hydrogens (primary N) is 1. The highest BCUT2D eigenvalue weighted by Crippen LogP contribution is 2.29. The van der Waals surface area contributed by atoms with E-state index in [9.17, 15) is 4.79 Å². The number of likely N-dealkylation sites (tertiary alicyclic amines) is 1. The third-order valence-electron chi connectivity index (χ3n) is 5.30. The van der Waals surface area contributed by atoms with Crippen molar-refractivity contribution in [3.8, 4) is 11.3 Å². The molecule has 5 heteroatoms. The van der Waals surface area contributed by atoms with Crippen LogP contribution in [0.5, 0.6) is 0 Å². The van der Waals surface area contributed by atoms with Gasteiger partial charge in [0, 0.05) is 36.3 Å². The van der Waals surface area contributed by atoms with E-state index >= 15 is 0 Å². The fraction of sp³-hybridized carbons (Fsp3) is 0.261. The number of aryl methyl sites for hydroxylation is 1. The molecule has 1 saturated heterocycles. The number of carbonyl (C=O) groups is 1. The molecule has 1 aromatic heterocycles. The van der Waals surface area contributed by atoms with Crippen molar-refractivity contribution in [2.45, 2.75) is 25.7 Å². The van der Waals surface area contributed by atoms with Gasteiger partial charge in [-0.1, -0.05) is 42.0 Å². The second-order valence-corrected chi connectivity index (χ2v) is 7.39. The van der Waals surface area contributed by atoms with Crippen molar-refractivity contribution < 1.29 is 4.79 Å². The molecule has 0 spiro atoms. The van der Waals surface area contributed by atoms with Crippen molar-refractivity contribution >= 4 is 11.9 Å². The molecule has 2 heterocycles. The average Bonchev–Trinajstić information content (AvgIpc) is 2.73. The zero-order valence-corrected chi connectivity index (χ0v) is 16.0. The largest absolute Gasteiger partial charge is 0.368 e. The molecule has 1 fully saturated rings. The van der Waals surface area contributed by atoms with Crippen LogP contribution >= 0.6 is 0 Å². The fourth-order valence-electron chi connectivity index (χ4n) is 3.89. The van der Waals surface area contributed by atoms with Crippen LogP contribution < -0.4 is 5.73 Å². The van der Waals surface area contributed by atoms with Crippen LogP contribution in [-0.2, 0) is 0 Å². The third kappa shape index (κ3) is 3.88. The molecule has 3 aromatic rings. The number of piperidine rings is 1. The van der Waals surface area contributed by atoms with Gasteiger partial charge in [0.1, 0.15) is 0 Å². The summed E-state index contributed by atoms with van der Waals surface area (Å²) in [5.41, 5.74) is 10.5. The minimum atomic E-state index is 0.0706. The van der Waals surface area contributed by atoms with Crippen molar-refractivity contribution in [2.24, 2.45) is 0 Å². The lowest BCUT2D eigenvalue weighted by Gasteiger charge is -2.33. The molecule has 0 unspecified atom stereocenters. The quantitative estimate of drug-likeness (QED) is 0.753. The molecular weight excluding hydrogens is 348 g/mol. The highest BCUT2D eigenvalue weighted by Gasteiger charge is 2.25. The molecule has 2 N–H and O–H groups in total. The third-order valence-corrected chi connectivity index (χ3v) is 5.30. The minimum Gasteiger partial charge on any atom is -0.368 e. The van der Waals surface area contributed by atoms with Gasteiger partial charge in [-0.05, 0) is 43.5 Å². The van der Waals surface area contributed by atoms with Gasteiger partial charge in [-0.25, -0.2) is 9.97 Å². The number of benzene rings is 2. The molecule has 1 aliphatic rings. The lowest BCUT2D eigenvalue weighted by Crippen LogP contribution is -2.39. The maximum atomic E-state index is 13.2. The van der Waals surface area contributed by atoms with Crippen molar-refractivity contribution in [2.75, 3.05) is 18.8 Å². The van der Waals surface area contributed by atoms with E-state index in [0.29, 0.717) is 11.5 Å². The molecule has 0 aliphatic carbocycles. The number of rotatable bonds is 3. The van der Waals surface area contributed by atoms with Crippen LogP contribution in [0, 0.1) is 6.92 Å². The molecule has 1 aliphatic heterocycles. The van der Waals surface area contributed by atoms with Gasteiger partial charge in [0.25, 0.3) is 5.91 Å². The van der Waals surface area contributed by atoms with Gasteiger partial charge in [-0.15, -0.1) is 0 Å². The zero-order valence-electron chi connectivity index (χ0n) is 16.0. The van der Waals surface area contributed by atoms with E-state index in [2.05, 4.69) is 41.2 Å². The first kappa shape index (κ1) is 18.2. The van der Waals surface area contributed by atoms with Crippen molar-refractivity contribution in [1.29, 1.82) is 0 Å². The smallest absolute Gasteiger partial charge is 0.253 e. The van der Waals surface area contributed by atoms with Crippen LogP contribution in [0.15, 0.2) is 60.8 Å². The summed E-state index contributed by atoms with van der Waals surface area (Å²) in [5.74, 6) is 0.690. The van der Waals surface area contributed by atoms with E-state index in [4.69, 9.17) is 5.73 Å². The standard InChI is InChI=1S/C23H24N4O/c1-16-5-2-6-17(13-16)20-9-4-12-27(15-20)22(28)19-8-3-7-18(14-19)21-10-11-25-23(24)26-21/h2-3,5-8,10-11,13-14,20H,4,9,12,15H2,1H3,(H2,24,25,26)/t20-/m1/s1. The number of anilines is 1. The first-order chi connectivity index (χ1) is 13.6. The van der Waals surface area contributed by atoms with Gasteiger partial charge in [0.15, 0.2) is 0 Å². The Bertz CT molecular complexity index is 1000. The number of amides is 1. The number of nitrogens with zero attached hydrogens (tertiary/aromatic N) is 3. The first-order valence-corrected chi connectivity index (χ1v) is 9.65. The van der Waals surface area contributed by atoms with Crippen LogP contribution in [-0.4, -0.2) is 33.9 Å². The normalized spacial score (nSPS) is 16.8. The summed E-state index contributed by atoms with van der Waals surface area (Å²) in [6.07, 6.45) is 3.77. The second-order valence-electron chi connectivity index (χ2n) is 7.39. The Balaban J connectivity index is 1.55. The molecule has 28 heavy (non-hydrogen) atoms. The van der Waals surface area contributed by atoms with Gasteiger partial charge in [0.05, 0.1) is 5.69 Å². The second kappa shape index (κ2) is 7.80. The average molecular weight is 372 g/mol. The Kier molecular flexibility index (Phi) is 5.06. The van der Waals surface area contributed by atoms with E-state index in [-0.39, 0.29) is 11.9 Å². The van der Waals surface area contributed by atoms with Gasteiger partial charge in [-0.2, -0.15) is 0 Å². The monoisotopic (exact) mass is 372 g/mol. The van der Waals surface area contributed by atoms with Gasteiger partial charge < -0.3 is 10.6 Å². The fourth-order valence-corrected chi connectivity index (χ4v) is 3.89. The van der Waals surface area contributed by atoms with E-state index in [1.165, 1.54) is 11.1 Å². The molecular formula is C23H24N4O. The Labute approximate surface area is 165 Å². The van der Waals surface area contributed by atoms with Gasteiger partial charge >= 0.3 is 0 Å². The van der Waals surface area contributed by atoms with Gasteiger partial charge in [0.2, 0.25) is 5.95 Å². The molecule has 1 atom stereocenters. The first-order valence-electron chi connectivity index (χ1n) is 9.65. The number of hydrogen-bond acceptors (Lipinski definition) is 4. The summed E-state index contributed by atoms with van der Waals surface area (Å²) < 4.78 is 0. The molecule has 5 nitrogen and oxygen atoms in total. The number of carbonyl (C=O) groups excluding carboxylic acids is 1. The SMILES string of the molecule is Cc1cccc([C@@H]2CCCN(C(=O)c3cccc(-c4ccnc(N)n4)c3)C2)c1. The van der Waals surface area contributed by atoms with Crippen molar-refractivity contribution in [3.63, 3.8) is 0 Å². The van der Waals surface area contributed by atoms with Crippen LogP contribution in [0.3, 0.4) is 0 Å². The molecule has 4 rings (SSSR count). The molecule has 142 valence electrons. The Hall–Kier alpha value is -3.21. The van der Waals surface area contributed by atoms with Crippen LogP contribution in [0.2, 0.25) is 0 Å². The number of aromatic nitrogens is 2. The minimum absolute atomic E-state index is 0.0706. The molecule has 1 amide bonds. The summed E-state index contributed by atoms with van der Waals surface area (Å²) in [6.45, 7) is 3.67. The molecule has 2 aromatic carbocycles. The van der Waals surface area contributed by atoms with E-state index in [1.807, 2.05) is 29.2 Å². The Morgan fingerprint density at radius 3 is 2.82 bits per heavy atom. The van der Waals surface area contributed by atoms with Crippen molar-refractivity contribution in [1.82, 2.24) is 14.9 Å². The highest BCUT2D eigenvalue weighted by molar-refractivity contribution is 5.95. The van der Waals surface area contributed by atoms with Crippen molar-refractivity contribution in [3.05, 3.63) is 77.5 Å². The summed E-state index contributed by atoms with van der Waals surface area (Å²) >= 11 is 0. The van der Waals surface area contributed by atoms with E-state index in [0.717, 1.165) is 37.2 Å². The predicted octanol–water partition coefficient (Wildman–Crippen LogP) is 4.05. The van der Waals surface area contributed by atoms with E-state index < -0.39 is 0 Å². The maximum absolute atomic E-state index is 13.2. The number of hydrogen-bond donors (Lipinski definition) is 1. The maximum Gasteiger partial charge on any atom is 0.253 e. The molecule has 0 bridgehead atoms. The van der Waals surface area contributed by atoms with Crippen LogP contribution in [0.25, 0.3) is 11.3 Å². The lowest BCUT2D eigenvalue weighted by molar-refractivity contribution is 0.0707. The zero-order chi connectivity index (χ0) is 19.5. The molecule has 0 radical (unpaired) electrons.